The van der Waals surface area contributed by atoms with Gasteiger partial charge in [-0.2, -0.15) is 0 Å². The quantitative estimate of drug-likeness (QED) is 0.0242. The maximum absolute atomic E-state index is 13.4. The van der Waals surface area contributed by atoms with Crippen molar-refractivity contribution in [2.75, 3.05) is 19.8 Å². The number of carboxylic acids is 1. The lowest BCUT2D eigenvalue weighted by Gasteiger charge is -2.50. The molecule has 18 heteroatoms. The second-order valence-corrected chi connectivity index (χ2v) is 20.8. The number of hydrogen-bond acceptors (Lipinski definition) is 15. The Morgan fingerprint density at radius 3 is 1.63 bits per heavy atom. The summed E-state index contributed by atoms with van der Waals surface area (Å²) >= 11 is 0. The third-order valence-corrected chi connectivity index (χ3v) is 14.3. The fourth-order valence-corrected chi connectivity index (χ4v) is 9.81. The van der Waals surface area contributed by atoms with Gasteiger partial charge >= 0.3 is 5.97 Å². The van der Waals surface area contributed by atoms with Gasteiger partial charge in [-0.15, -0.1) is 0 Å². The van der Waals surface area contributed by atoms with E-state index >= 15 is 0 Å². The molecule has 4 unspecified atom stereocenters. The van der Waals surface area contributed by atoms with E-state index in [-0.39, 0.29) is 12.3 Å². The van der Waals surface area contributed by atoms with Crippen molar-refractivity contribution in [3.8, 4) is 0 Å². The number of unbranched alkanes of at least 4 members (excludes halogenated alkanes) is 27. The van der Waals surface area contributed by atoms with E-state index < -0.39 is 117 Å². The van der Waals surface area contributed by atoms with E-state index in [1.807, 2.05) is 6.08 Å². The van der Waals surface area contributed by atoms with Crippen LogP contribution >= 0.6 is 0 Å². The minimum Gasteiger partial charge on any atom is -0.477 e. The molecule has 0 aromatic rings. The van der Waals surface area contributed by atoms with Gasteiger partial charge in [-0.1, -0.05) is 193 Å². The molecular formula is C55H102N2O16. The Bertz CT molecular complexity index is 1460. The van der Waals surface area contributed by atoms with Crippen molar-refractivity contribution in [2.24, 2.45) is 0 Å². The average molecular weight is 1050 g/mol. The number of carbonyl (C=O) groups is 3. The summed E-state index contributed by atoms with van der Waals surface area (Å²) in [6, 6.07) is -2.55. The van der Waals surface area contributed by atoms with E-state index in [1.165, 1.54) is 135 Å². The topological polar surface area (TPSA) is 294 Å². The number of carboxylic acid groups (broad SMARTS) is 1. The molecule has 2 aliphatic rings. The summed E-state index contributed by atoms with van der Waals surface area (Å²) < 4.78 is 23.2. The number of allylic oxidation sites excluding steroid dienone is 1. The molecule has 0 radical (unpaired) electrons. The first-order valence-corrected chi connectivity index (χ1v) is 28.5. The van der Waals surface area contributed by atoms with Crippen molar-refractivity contribution in [3.63, 3.8) is 0 Å². The molecule has 2 amide bonds. The molecule has 428 valence electrons. The molecule has 0 aliphatic carbocycles. The summed E-state index contributed by atoms with van der Waals surface area (Å²) in [5.74, 6) is -5.87. The lowest BCUT2D eigenvalue weighted by atomic mass is 9.88. The maximum atomic E-state index is 13.4. The van der Waals surface area contributed by atoms with E-state index in [1.54, 1.807) is 6.08 Å². The zero-order valence-corrected chi connectivity index (χ0v) is 45.0. The van der Waals surface area contributed by atoms with Crippen LogP contribution in [0.3, 0.4) is 0 Å². The first kappa shape index (κ1) is 66.8. The predicted molar refractivity (Wildman–Crippen MR) is 278 cm³/mol. The van der Waals surface area contributed by atoms with Gasteiger partial charge in [0, 0.05) is 19.8 Å². The van der Waals surface area contributed by atoms with Crippen LogP contribution in [-0.2, 0) is 33.3 Å². The summed E-state index contributed by atoms with van der Waals surface area (Å²) in [7, 11) is 0. The van der Waals surface area contributed by atoms with E-state index in [4.69, 9.17) is 18.9 Å². The van der Waals surface area contributed by atoms with Crippen LogP contribution in [0.2, 0.25) is 0 Å². The lowest BCUT2D eigenvalue weighted by Crippen LogP contribution is -2.70. The Balaban J connectivity index is 2.07. The number of nitrogens with one attached hydrogen (secondary N) is 2. The van der Waals surface area contributed by atoms with E-state index in [2.05, 4.69) is 24.5 Å². The van der Waals surface area contributed by atoms with Crippen LogP contribution in [0, 0.1) is 0 Å². The van der Waals surface area contributed by atoms with Crippen LogP contribution in [0.5, 0.6) is 0 Å². The zero-order chi connectivity index (χ0) is 53.9. The predicted octanol–water partition coefficient (Wildman–Crippen LogP) is 6.12. The highest BCUT2D eigenvalue weighted by atomic mass is 16.8. The first-order chi connectivity index (χ1) is 35.2. The van der Waals surface area contributed by atoms with Gasteiger partial charge in [0.15, 0.2) is 6.29 Å². The van der Waals surface area contributed by atoms with Gasteiger partial charge in [-0.3, -0.25) is 9.59 Å². The molecule has 0 aromatic carbocycles. The molecule has 18 nitrogen and oxygen atoms in total. The van der Waals surface area contributed by atoms with Crippen molar-refractivity contribution in [1.82, 2.24) is 10.6 Å². The monoisotopic (exact) mass is 1050 g/mol. The van der Waals surface area contributed by atoms with Gasteiger partial charge in [0.05, 0.1) is 44.1 Å². The molecule has 73 heavy (non-hydrogen) atoms. The van der Waals surface area contributed by atoms with Gasteiger partial charge in [-0.25, -0.2) is 4.79 Å². The van der Waals surface area contributed by atoms with Gasteiger partial charge < -0.3 is 75.5 Å². The SMILES string of the molecule is CCCCCCCCCCCCC/C=C/[C@@H](O)[C@H](CO[C@@H]1OC(CO)[C@H](O)[C@H](O[C@]2(C(=O)O)CC(O)[C@@H](NC(C)=O)C([C@H](O)[C@H](O)CO)O2)C1O)NC(=O)CCCCCCCCCCCCCCCCCCC. The third kappa shape index (κ3) is 26.5. The van der Waals surface area contributed by atoms with Crippen LogP contribution < -0.4 is 10.6 Å². The highest BCUT2D eigenvalue weighted by molar-refractivity contribution is 5.77. The van der Waals surface area contributed by atoms with Crippen LogP contribution in [0.4, 0.5) is 0 Å². The lowest BCUT2D eigenvalue weighted by molar-refractivity contribution is -0.370. The number of aliphatic hydroxyl groups is 8. The minimum atomic E-state index is -2.96. The van der Waals surface area contributed by atoms with Gasteiger partial charge in [-0.05, 0) is 19.3 Å². The molecule has 0 spiro atoms. The van der Waals surface area contributed by atoms with E-state index in [0.717, 1.165) is 45.4 Å². The minimum absolute atomic E-state index is 0.207. The van der Waals surface area contributed by atoms with Crippen LogP contribution in [0.25, 0.3) is 0 Å². The summed E-state index contributed by atoms with van der Waals surface area (Å²) in [4.78, 5) is 38.3. The highest BCUT2D eigenvalue weighted by Gasteiger charge is 2.59. The molecule has 2 saturated heterocycles. The molecule has 2 aliphatic heterocycles. The number of hydrogen-bond donors (Lipinski definition) is 11. The number of rotatable bonds is 44. The Labute approximate surface area is 437 Å². The average Bonchev–Trinajstić information content (AvgIpc) is 3.36. The number of ether oxygens (including phenoxy) is 4. The third-order valence-electron chi connectivity index (χ3n) is 14.3. The number of aliphatic carboxylic acids is 1. The first-order valence-electron chi connectivity index (χ1n) is 28.5. The van der Waals surface area contributed by atoms with Gasteiger partial charge in [0.25, 0.3) is 5.79 Å². The maximum Gasteiger partial charge on any atom is 0.364 e. The molecule has 11 N–H and O–H groups in total. The highest BCUT2D eigenvalue weighted by Crippen LogP contribution is 2.37. The van der Waals surface area contributed by atoms with Crippen molar-refractivity contribution < 1.29 is 79.3 Å². The zero-order valence-electron chi connectivity index (χ0n) is 45.0. The smallest absolute Gasteiger partial charge is 0.364 e. The van der Waals surface area contributed by atoms with Crippen molar-refractivity contribution in [3.05, 3.63) is 12.2 Å². The number of aliphatic hydroxyl groups excluding tert-OH is 8. The van der Waals surface area contributed by atoms with Gasteiger partial charge in [0.1, 0.15) is 42.7 Å². The Morgan fingerprint density at radius 2 is 1.18 bits per heavy atom. The fraction of sp³-hybridized carbons (Fsp3) is 0.909. The molecule has 0 saturated carbocycles. The second-order valence-electron chi connectivity index (χ2n) is 20.8. The Kier molecular flexibility index (Phi) is 36.6. The van der Waals surface area contributed by atoms with E-state index in [0.29, 0.717) is 12.8 Å². The Morgan fingerprint density at radius 1 is 0.699 bits per heavy atom. The van der Waals surface area contributed by atoms with Gasteiger partial charge in [0.2, 0.25) is 11.8 Å². The largest absolute Gasteiger partial charge is 0.477 e. The Hall–Kier alpha value is -2.33. The number of amides is 2. The number of carbonyl (C=O) groups excluding carboxylic acids is 2. The standard InChI is InChI=1S/C55H102N2O16/c1-4-6-8-10-12-14-16-18-19-20-21-23-25-27-29-31-33-35-46(64)57-41(42(61)34-32-30-28-26-24-22-17-15-13-11-9-7-5-2)39-70-53-50(67)52(49(66)45(38-59)71-53)73-55(54(68)69)36-43(62)47(56-40(3)60)51(72-55)48(65)44(63)37-58/h32,34,41-45,47-53,58-59,61-63,65-67H,4-31,33,35-39H2,1-3H3,(H,56,60)(H,57,64)(H,68,69)/b34-32+/t41-,42+,43?,44+,45?,47+,48+,49-,50?,51?,52-,53+,55-/m0/s1. The molecule has 0 aromatic heterocycles. The normalized spacial score (nSPS) is 26.1. The van der Waals surface area contributed by atoms with Crippen molar-refractivity contribution >= 4 is 17.8 Å². The van der Waals surface area contributed by atoms with Crippen LogP contribution in [0.1, 0.15) is 220 Å². The molecule has 13 atom stereocenters. The summed E-state index contributed by atoms with van der Waals surface area (Å²) in [5, 5.41) is 102. The van der Waals surface area contributed by atoms with Crippen LogP contribution in [0.15, 0.2) is 12.2 Å². The molecule has 2 rings (SSSR count). The van der Waals surface area contributed by atoms with Crippen molar-refractivity contribution in [1.29, 1.82) is 0 Å². The molecule has 2 fully saturated rings. The summed E-state index contributed by atoms with van der Waals surface area (Å²) in [5.41, 5.74) is 0. The van der Waals surface area contributed by atoms with Crippen LogP contribution in [-0.4, -0.2) is 163 Å². The summed E-state index contributed by atoms with van der Waals surface area (Å²) in [6.45, 7) is 3.24. The van der Waals surface area contributed by atoms with E-state index in [9.17, 15) is 60.3 Å². The molecule has 2 heterocycles. The second kappa shape index (κ2) is 40.0. The summed E-state index contributed by atoms with van der Waals surface area (Å²) in [6.07, 6.45) is 19.1. The van der Waals surface area contributed by atoms with Crippen molar-refractivity contribution in [2.45, 2.75) is 299 Å². The fourth-order valence-electron chi connectivity index (χ4n) is 9.81. The molecule has 0 bridgehead atoms. The molecular weight excluding hydrogens is 945 g/mol.